The van der Waals surface area contributed by atoms with E-state index >= 15 is 0 Å². The Morgan fingerprint density at radius 3 is 2.47 bits per heavy atom. The van der Waals surface area contributed by atoms with Gasteiger partial charge in [-0.3, -0.25) is 0 Å². The summed E-state index contributed by atoms with van der Waals surface area (Å²) in [6, 6.07) is 3.75. The predicted molar refractivity (Wildman–Crippen MR) is 72.7 cm³/mol. The Kier molecular flexibility index (Phi) is 4.02. The summed E-state index contributed by atoms with van der Waals surface area (Å²) >= 11 is 2.99. The van der Waals surface area contributed by atoms with E-state index in [0.29, 0.717) is 12.8 Å². The van der Waals surface area contributed by atoms with Gasteiger partial charge in [0.05, 0.1) is 15.0 Å². The maximum absolute atomic E-state index is 13.4. The molecule has 1 saturated heterocycles. The van der Waals surface area contributed by atoms with E-state index in [4.69, 9.17) is 0 Å². The van der Waals surface area contributed by atoms with E-state index in [1.807, 2.05) is 0 Å². The van der Waals surface area contributed by atoms with Crippen LogP contribution in [0, 0.1) is 5.82 Å². The van der Waals surface area contributed by atoms with Crippen LogP contribution in [0.3, 0.4) is 0 Å². The van der Waals surface area contributed by atoms with E-state index < -0.39 is 21.4 Å². The lowest BCUT2D eigenvalue weighted by atomic mass is 9.95. The molecule has 1 aliphatic heterocycles. The van der Waals surface area contributed by atoms with Crippen molar-refractivity contribution in [3.63, 3.8) is 0 Å². The number of hydrogen-bond donors (Lipinski definition) is 1. The van der Waals surface area contributed by atoms with Crippen molar-refractivity contribution in [2.24, 2.45) is 0 Å². The largest absolute Gasteiger partial charge is 0.390 e. The second-order valence-corrected chi connectivity index (χ2v) is 7.77. The molecule has 0 radical (unpaired) electrons. The van der Waals surface area contributed by atoms with Crippen LogP contribution in [0.1, 0.15) is 19.8 Å². The van der Waals surface area contributed by atoms with Crippen LogP contribution in [0.15, 0.2) is 27.6 Å². The highest BCUT2D eigenvalue weighted by Crippen LogP contribution is 2.27. The van der Waals surface area contributed by atoms with Gasteiger partial charge in [0.2, 0.25) is 10.0 Å². The number of sulfonamides is 1. The van der Waals surface area contributed by atoms with Crippen molar-refractivity contribution < 1.29 is 17.9 Å². The van der Waals surface area contributed by atoms with Gasteiger partial charge >= 0.3 is 0 Å². The van der Waals surface area contributed by atoms with E-state index in [9.17, 15) is 17.9 Å². The molecule has 0 spiro atoms. The molecule has 1 aromatic rings. The number of aliphatic hydroxyl groups is 1. The fourth-order valence-corrected chi connectivity index (χ4v) is 3.70. The van der Waals surface area contributed by atoms with E-state index in [1.165, 1.54) is 16.4 Å². The van der Waals surface area contributed by atoms with Crippen molar-refractivity contribution in [3.05, 3.63) is 28.5 Å². The summed E-state index contributed by atoms with van der Waals surface area (Å²) in [5, 5.41) is 9.82. The van der Waals surface area contributed by atoms with Crippen LogP contribution in [0.5, 0.6) is 0 Å². The van der Waals surface area contributed by atoms with Crippen LogP contribution < -0.4 is 0 Å². The molecule has 1 aliphatic rings. The summed E-state index contributed by atoms with van der Waals surface area (Å²) in [4.78, 5) is -0.0604. The van der Waals surface area contributed by atoms with Gasteiger partial charge in [0.25, 0.3) is 0 Å². The maximum Gasteiger partial charge on any atom is 0.243 e. The number of halogens is 2. The highest BCUT2D eigenvalue weighted by molar-refractivity contribution is 9.10. The first-order valence-corrected chi connectivity index (χ1v) is 8.13. The monoisotopic (exact) mass is 351 g/mol. The first-order chi connectivity index (χ1) is 8.72. The minimum Gasteiger partial charge on any atom is -0.390 e. The Hall–Kier alpha value is -0.500. The summed E-state index contributed by atoms with van der Waals surface area (Å²) in [6.45, 7) is 2.18. The molecule has 4 nitrogen and oxygen atoms in total. The first kappa shape index (κ1) is 14.9. The van der Waals surface area contributed by atoms with Crippen LogP contribution in [0.4, 0.5) is 4.39 Å². The van der Waals surface area contributed by atoms with Gasteiger partial charge in [-0.25, -0.2) is 12.8 Å². The summed E-state index contributed by atoms with van der Waals surface area (Å²) < 4.78 is 39.6. The molecule has 106 valence electrons. The van der Waals surface area contributed by atoms with E-state index in [1.54, 1.807) is 6.92 Å². The molecule has 1 fully saturated rings. The second-order valence-electron chi connectivity index (χ2n) is 4.98. The van der Waals surface area contributed by atoms with Gasteiger partial charge in [-0.05, 0) is 53.9 Å². The molecule has 0 atom stereocenters. The molecule has 0 aliphatic carbocycles. The van der Waals surface area contributed by atoms with Gasteiger partial charge in [-0.1, -0.05) is 0 Å². The Morgan fingerprint density at radius 1 is 1.37 bits per heavy atom. The summed E-state index contributed by atoms with van der Waals surface area (Å²) in [5.41, 5.74) is -0.822. The number of benzene rings is 1. The molecule has 1 heterocycles. The molecule has 1 aromatic carbocycles. The average molecular weight is 352 g/mol. The zero-order chi connectivity index (χ0) is 14.3. The SMILES string of the molecule is CC1(O)CCN(S(=O)(=O)c2ccc(Br)c(F)c2)CC1. The Bertz CT molecular complexity index is 579. The van der Waals surface area contributed by atoms with Crippen molar-refractivity contribution in [2.75, 3.05) is 13.1 Å². The Labute approximate surface area is 120 Å². The molecule has 0 bridgehead atoms. The first-order valence-electron chi connectivity index (χ1n) is 5.90. The third-order valence-corrected chi connectivity index (χ3v) is 5.87. The minimum atomic E-state index is -3.69. The van der Waals surface area contributed by atoms with Crippen LogP contribution in [-0.4, -0.2) is 36.5 Å². The highest BCUT2D eigenvalue weighted by Gasteiger charge is 2.34. The van der Waals surface area contributed by atoms with Crippen LogP contribution in [0.25, 0.3) is 0 Å². The maximum atomic E-state index is 13.4. The van der Waals surface area contributed by atoms with Gasteiger partial charge < -0.3 is 5.11 Å². The van der Waals surface area contributed by atoms with Crippen molar-refractivity contribution in [2.45, 2.75) is 30.3 Å². The average Bonchev–Trinajstić information content (AvgIpc) is 2.32. The predicted octanol–water partition coefficient (Wildman–Crippen LogP) is 2.12. The summed E-state index contributed by atoms with van der Waals surface area (Å²) in [5.74, 6) is -0.606. The van der Waals surface area contributed by atoms with Crippen LogP contribution >= 0.6 is 15.9 Å². The van der Waals surface area contributed by atoms with Crippen molar-refractivity contribution >= 4 is 26.0 Å². The Morgan fingerprint density at radius 2 is 1.95 bits per heavy atom. The summed E-state index contributed by atoms with van der Waals surface area (Å²) in [7, 11) is -3.69. The van der Waals surface area contributed by atoms with E-state index in [2.05, 4.69) is 15.9 Å². The van der Waals surface area contributed by atoms with Crippen molar-refractivity contribution in [1.29, 1.82) is 0 Å². The zero-order valence-corrected chi connectivity index (χ0v) is 12.8. The van der Waals surface area contributed by atoms with Gasteiger partial charge in [-0.2, -0.15) is 4.31 Å². The molecule has 7 heteroatoms. The normalized spacial score (nSPS) is 20.4. The van der Waals surface area contributed by atoms with Crippen molar-refractivity contribution in [1.82, 2.24) is 4.31 Å². The van der Waals surface area contributed by atoms with Gasteiger partial charge in [0.1, 0.15) is 5.82 Å². The highest BCUT2D eigenvalue weighted by atomic mass is 79.9. The zero-order valence-electron chi connectivity index (χ0n) is 10.4. The van der Waals surface area contributed by atoms with Gasteiger partial charge in [0, 0.05) is 13.1 Å². The lowest BCUT2D eigenvalue weighted by Gasteiger charge is -2.34. The molecule has 1 N–H and O–H groups in total. The van der Waals surface area contributed by atoms with Crippen LogP contribution in [0.2, 0.25) is 0 Å². The number of nitrogens with zero attached hydrogens (tertiary/aromatic N) is 1. The Balaban J connectivity index is 2.25. The molecule has 19 heavy (non-hydrogen) atoms. The molecule has 0 aromatic heterocycles. The lowest BCUT2D eigenvalue weighted by Crippen LogP contribution is -2.45. The second kappa shape index (κ2) is 5.12. The molecular formula is C12H15BrFNO3S. The minimum absolute atomic E-state index is 0.0604. The molecule has 0 unspecified atom stereocenters. The molecular weight excluding hydrogens is 337 g/mol. The smallest absolute Gasteiger partial charge is 0.243 e. The fourth-order valence-electron chi connectivity index (χ4n) is 1.99. The molecule has 0 saturated carbocycles. The van der Waals surface area contributed by atoms with Crippen LogP contribution in [-0.2, 0) is 10.0 Å². The fraction of sp³-hybridized carbons (Fsp3) is 0.500. The topological polar surface area (TPSA) is 57.6 Å². The number of piperidine rings is 1. The van der Waals surface area contributed by atoms with Gasteiger partial charge in [0.15, 0.2) is 0 Å². The third-order valence-electron chi connectivity index (χ3n) is 3.33. The molecule has 2 rings (SSSR count). The summed E-state index contributed by atoms with van der Waals surface area (Å²) in [6.07, 6.45) is 0.760. The lowest BCUT2D eigenvalue weighted by molar-refractivity contribution is 0.0126. The van der Waals surface area contributed by atoms with Gasteiger partial charge in [-0.15, -0.1) is 0 Å². The molecule has 0 amide bonds. The van der Waals surface area contributed by atoms with E-state index in [0.717, 1.165) is 6.07 Å². The van der Waals surface area contributed by atoms with Crippen molar-refractivity contribution in [3.8, 4) is 0 Å². The quantitative estimate of drug-likeness (QED) is 0.887. The number of rotatable bonds is 2. The third kappa shape index (κ3) is 3.16. The number of hydrogen-bond acceptors (Lipinski definition) is 3. The standard InChI is InChI=1S/C12H15BrFNO3S/c1-12(16)4-6-15(7-5-12)19(17,18)9-2-3-10(13)11(14)8-9/h2-3,8,16H,4-7H2,1H3. The van der Waals surface area contributed by atoms with E-state index in [-0.39, 0.29) is 22.5 Å².